The summed E-state index contributed by atoms with van der Waals surface area (Å²) >= 11 is 7.04. The zero-order chi connectivity index (χ0) is 18.6. The lowest BCUT2D eigenvalue weighted by Gasteiger charge is -2.25. The van der Waals surface area contributed by atoms with Crippen LogP contribution in [0.3, 0.4) is 0 Å². The number of benzene rings is 2. The number of anilines is 2. The van der Waals surface area contributed by atoms with Crippen LogP contribution in [0.5, 0.6) is 0 Å². The van der Waals surface area contributed by atoms with E-state index in [9.17, 15) is 4.39 Å². The predicted octanol–water partition coefficient (Wildman–Crippen LogP) is 3.76. The lowest BCUT2D eigenvalue weighted by molar-refractivity contribution is 0.122. The van der Waals surface area contributed by atoms with Crippen LogP contribution in [0.2, 0.25) is 0 Å². The van der Waals surface area contributed by atoms with Gasteiger partial charge < -0.3 is 20.3 Å². The maximum Gasteiger partial charge on any atom is 0.186 e. The molecule has 1 aliphatic rings. The van der Waals surface area contributed by atoms with Gasteiger partial charge in [0.15, 0.2) is 10.2 Å². The maximum atomic E-state index is 12.9. The highest BCUT2D eigenvalue weighted by Crippen LogP contribution is 2.31. The van der Waals surface area contributed by atoms with Gasteiger partial charge in [0, 0.05) is 25.3 Å². The molecule has 1 aromatic heterocycles. The Morgan fingerprint density at radius 3 is 2.74 bits per heavy atom. The van der Waals surface area contributed by atoms with Crippen LogP contribution in [0, 0.1) is 5.82 Å². The van der Waals surface area contributed by atoms with Crippen LogP contribution in [0.1, 0.15) is 5.56 Å². The normalized spacial score (nSPS) is 14.3. The van der Waals surface area contributed by atoms with Crippen molar-refractivity contribution in [2.45, 2.75) is 6.54 Å². The largest absolute Gasteiger partial charge is 0.378 e. The van der Waals surface area contributed by atoms with Gasteiger partial charge in [-0.2, -0.15) is 0 Å². The van der Waals surface area contributed by atoms with Gasteiger partial charge in [0.25, 0.3) is 0 Å². The van der Waals surface area contributed by atoms with E-state index in [1.54, 1.807) is 23.5 Å². The summed E-state index contributed by atoms with van der Waals surface area (Å²) < 4.78 is 19.5. The molecule has 0 saturated carbocycles. The topological polar surface area (TPSA) is 49.4 Å². The summed E-state index contributed by atoms with van der Waals surface area (Å²) in [6, 6.07) is 12.4. The molecular weight excluding hydrogens is 383 g/mol. The molecule has 0 radical (unpaired) electrons. The lowest BCUT2D eigenvalue weighted by atomic mass is 10.2. The Morgan fingerprint density at radius 1 is 1.19 bits per heavy atom. The van der Waals surface area contributed by atoms with Crippen molar-refractivity contribution in [2.75, 3.05) is 36.5 Å². The average Bonchev–Trinajstić information content (AvgIpc) is 3.12. The number of halogens is 1. The summed E-state index contributed by atoms with van der Waals surface area (Å²) in [5.41, 5.74) is 2.86. The summed E-state index contributed by atoms with van der Waals surface area (Å²) in [6.45, 7) is 3.79. The second kappa shape index (κ2) is 8.16. The number of nitrogens with one attached hydrogen (secondary N) is 2. The molecule has 3 aromatic rings. The van der Waals surface area contributed by atoms with E-state index in [1.807, 2.05) is 12.1 Å². The average molecular weight is 403 g/mol. The second-order valence-corrected chi connectivity index (χ2v) is 7.63. The Morgan fingerprint density at radius 2 is 1.96 bits per heavy atom. The minimum Gasteiger partial charge on any atom is -0.378 e. The number of hydrogen-bond donors (Lipinski definition) is 2. The summed E-state index contributed by atoms with van der Waals surface area (Å²) in [5.74, 6) is -0.242. The van der Waals surface area contributed by atoms with Crippen LogP contribution in [-0.2, 0) is 11.3 Å². The van der Waals surface area contributed by atoms with Gasteiger partial charge in [0.05, 0.1) is 23.4 Å². The highest BCUT2D eigenvalue weighted by Gasteiger charge is 2.15. The predicted molar refractivity (Wildman–Crippen MR) is 112 cm³/mol. The van der Waals surface area contributed by atoms with E-state index in [4.69, 9.17) is 21.9 Å². The molecule has 0 aliphatic carbocycles. The number of thiocarbonyl (C=S) groups is 1. The summed E-state index contributed by atoms with van der Waals surface area (Å²) in [6.07, 6.45) is 0. The second-order valence-electron chi connectivity index (χ2n) is 6.21. The fourth-order valence-corrected chi connectivity index (χ4v) is 4.09. The third-order valence-corrected chi connectivity index (χ3v) is 5.61. The van der Waals surface area contributed by atoms with Gasteiger partial charge in [-0.3, -0.25) is 0 Å². The summed E-state index contributed by atoms with van der Waals surface area (Å²) in [4.78, 5) is 6.98. The molecule has 1 saturated heterocycles. The van der Waals surface area contributed by atoms with Crippen LogP contribution in [0.15, 0.2) is 42.5 Å². The zero-order valence-electron chi connectivity index (χ0n) is 14.6. The zero-order valence-corrected chi connectivity index (χ0v) is 16.2. The molecule has 2 heterocycles. The van der Waals surface area contributed by atoms with Crippen molar-refractivity contribution >= 4 is 49.7 Å². The van der Waals surface area contributed by atoms with Crippen LogP contribution in [0.4, 0.5) is 15.2 Å². The Bertz CT molecular complexity index is 939. The minimum absolute atomic E-state index is 0.242. The number of aromatic nitrogens is 1. The summed E-state index contributed by atoms with van der Waals surface area (Å²) in [5, 5.41) is 7.89. The maximum absolute atomic E-state index is 12.9. The van der Waals surface area contributed by atoms with Crippen molar-refractivity contribution in [3.05, 3.63) is 53.8 Å². The molecule has 0 bridgehead atoms. The number of nitrogens with zero attached hydrogens (tertiary/aromatic N) is 2. The first-order valence-corrected chi connectivity index (χ1v) is 9.92. The van der Waals surface area contributed by atoms with Crippen LogP contribution < -0.4 is 15.5 Å². The summed E-state index contributed by atoms with van der Waals surface area (Å²) in [7, 11) is 0. The van der Waals surface area contributed by atoms with Gasteiger partial charge >= 0.3 is 0 Å². The monoisotopic (exact) mass is 402 g/mol. The highest BCUT2D eigenvalue weighted by atomic mass is 32.1. The molecule has 8 heteroatoms. The molecule has 1 fully saturated rings. The molecule has 0 amide bonds. The SMILES string of the molecule is Fc1ccc(CNC(=S)Nc2ccc3nc(N4CCOCC4)sc3c2)cc1. The molecule has 5 nitrogen and oxygen atoms in total. The number of morpholine rings is 1. The third kappa shape index (κ3) is 4.52. The first kappa shape index (κ1) is 18.1. The van der Waals surface area contributed by atoms with Crippen molar-refractivity contribution < 1.29 is 9.13 Å². The van der Waals surface area contributed by atoms with Crippen LogP contribution in [-0.4, -0.2) is 36.4 Å². The smallest absolute Gasteiger partial charge is 0.186 e. The Balaban J connectivity index is 1.39. The van der Waals surface area contributed by atoms with E-state index in [2.05, 4.69) is 21.6 Å². The molecular formula is C19H19FN4OS2. The molecule has 0 unspecified atom stereocenters. The van der Waals surface area contributed by atoms with Crippen LogP contribution in [0.25, 0.3) is 10.2 Å². The molecule has 0 spiro atoms. The highest BCUT2D eigenvalue weighted by molar-refractivity contribution is 7.80. The quantitative estimate of drug-likeness (QED) is 0.648. The molecule has 2 aromatic carbocycles. The van der Waals surface area contributed by atoms with E-state index >= 15 is 0 Å². The van der Waals surface area contributed by atoms with E-state index < -0.39 is 0 Å². The third-order valence-electron chi connectivity index (χ3n) is 4.28. The number of hydrogen-bond acceptors (Lipinski definition) is 5. The van der Waals surface area contributed by atoms with E-state index in [0.29, 0.717) is 11.7 Å². The molecule has 140 valence electrons. The van der Waals surface area contributed by atoms with Gasteiger partial charge in [-0.25, -0.2) is 9.37 Å². The van der Waals surface area contributed by atoms with Crippen molar-refractivity contribution in [2.24, 2.45) is 0 Å². The van der Waals surface area contributed by atoms with Gasteiger partial charge in [0.1, 0.15) is 5.82 Å². The van der Waals surface area contributed by atoms with E-state index in [1.165, 1.54) is 12.1 Å². The molecule has 4 rings (SSSR count). The molecule has 1 aliphatic heterocycles. The van der Waals surface area contributed by atoms with Crippen molar-refractivity contribution in [1.29, 1.82) is 0 Å². The van der Waals surface area contributed by atoms with Crippen molar-refractivity contribution in [1.82, 2.24) is 10.3 Å². The Kier molecular flexibility index (Phi) is 5.47. The van der Waals surface area contributed by atoms with E-state index in [0.717, 1.165) is 52.9 Å². The first-order chi connectivity index (χ1) is 13.2. The van der Waals surface area contributed by atoms with Gasteiger partial charge in [-0.1, -0.05) is 23.5 Å². The number of fused-ring (bicyclic) bond motifs is 1. The van der Waals surface area contributed by atoms with Crippen molar-refractivity contribution in [3.8, 4) is 0 Å². The Labute approximate surface area is 166 Å². The molecule has 27 heavy (non-hydrogen) atoms. The molecule has 0 atom stereocenters. The first-order valence-electron chi connectivity index (χ1n) is 8.70. The standard InChI is InChI=1S/C19H19FN4OS2/c20-14-3-1-13(2-4-14)12-21-18(26)22-15-5-6-16-17(11-15)27-19(23-16)24-7-9-25-10-8-24/h1-6,11H,7-10,12H2,(H2,21,22,26). The van der Waals surface area contributed by atoms with Gasteiger partial charge in [-0.05, 0) is 48.1 Å². The van der Waals surface area contributed by atoms with Crippen molar-refractivity contribution in [3.63, 3.8) is 0 Å². The minimum atomic E-state index is -0.242. The Hall–Kier alpha value is -2.29. The van der Waals surface area contributed by atoms with Gasteiger partial charge in [0.2, 0.25) is 0 Å². The fraction of sp³-hybridized carbons (Fsp3) is 0.263. The number of rotatable bonds is 4. The van der Waals surface area contributed by atoms with Gasteiger partial charge in [-0.15, -0.1) is 0 Å². The fourth-order valence-electron chi connectivity index (χ4n) is 2.84. The van der Waals surface area contributed by atoms with E-state index in [-0.39, 0.29) is 5.82 Å². The number of thiazole rings is 1. The lowest BCUT2D eigenvalue weighted by Crippen LogP contribution is -2.36. The molecule has 2 N–H and O–H groups in total. The number of ether oxygens (including phenoxy) is 1. The van der Waals surface area contributed by atoms with Crippen LogP contribution >= 0.6 is 23.6 Å².